The van der Waals surface area contributed by atoms with Crippen LogP contribution < -0.4 is 16.4 Å². The lowest BCUT2D eigenvalue weighted by Crippen LogP contribution is -2.28. The van der Waals surface area contributed by atoms with Crippen molar-refractivity contribution in [2.45, 2.75) is 6.54 Å². The van der Waals surface area contributed by atoms with Gasteiger partial charge in [-0.05, 0) is 29.8 Å². The zero-order valence-corrected chi connectivity index (χ0v) is 16.1. The van der Waals surface area contributed by atoms with Crippen LogP contribution in [0, 0.1) is 11.6 Å². The number of anilines is 1. The second kappa shape index (κ2) is 8.23. The average molecular weight is 421 g/mol. The SMILES string of the molecule is NC(=O)c1cccc2[nH]nc(-c3ccccc3CNC(=O)Nc3cc(F)cc(F)c3)c12. The number of halogens is 2. The Bertz CT molecular complexity index is 1280. The minimum absolute atomic E-state index is 0.00678. The quantitative estimate of drug-likeness (QED) is 0.392. The van der Waals surface area contributed by atoms with E-state index in [1.54, 1.807) is 30.3 Å². The van der Waals surface area contributed by atoms with Crippen molar-refractivity contribution in [3.8, 4) is 11.3 Å². The Morgan fingerprint density at radius 2 is 1.74 bits per heavy atom. The molecule has 156 valence electrons. The van der Waals surface area contributed by atoms with E-state index < -0.39 is 23.6 Å². The molecule has 31 heavy (non-hydrogen) atoms. The number of amides is 3. The lowest BCUT2D eigenvalue weighted by molar-refractivity contribution is 0.100. The second-order valence-corrected chi connectivity index (χ2v) is 6.79. The van der Waals surface area contributed by atoms with Gasteiger partial charge < -0.3 is 16.4 Å². The fraction of sp³-hybridized carbons (Fsp3) is 0.0455. The number of hydrogen-bond acceptors (Lipinski definition) is 3. The Balaban J connectivity index is 1.59. The van der Waals surface area contributed by atoms with Gasteiger partial charge in [-0.1, -0.05) is 30.3 Å². The van der Waals surface area contributed by atoms with Crippen LogP contribution in [0.4, 0.5) is 19.3 Å². The summed E-state index contributed by atoms with van der Waals surface area (Å²) in [7, 11) is 0. The van der Waals surface area contributed by atoms with Crippen LogP contribution in [-0.2, 0) is 6.54 Å². The summed E-state index contributed by atoms with van der Waals surface area (Å²) >= 11 is 0. The first-order chi connectivity index (χ1) is 14.9. The molecule has 0 bridgehead atoms. The maximum absolute atomic E-state index is 13.3. The molecule has 0 aliphatic heterocycles. The van der Waals surface area contributed by atoms with Gasteiger partial charge in [0.1, 0.15) is 17.3 Å². The van der Waals surface area contributed by atoms with Crippen LogP contribution in [0.15, 0.2) is 60.7 Å². The van der Waals surface area contributed by atoms with E-state index >= 15 is 0 Å². The number of carbonyl (C=O) groups is 2. The summed E-state index contributed by atoms with van der Waals surface area (Å²) in [4.78, 5) is 24.1. The molecule has 1 heterocycles. The van der Waals surface area contributed by atoms with Gasteiger partial charge in [-0.25, -0.2) is 13.6 Å². The summed E-state index contributed by atoms with van der Waals surface area (Å²) in [6.07, 6.45) is 0. The van der Waals surface area contributed by atoms with Crippen LogP contribution in [0.1, 0.15) is 15.9 Å². The average Bonchev–Trinajstić information content (AvgIpc) is 3.15. The molecular formula is C22H17F2N5O2. The van der Waals surface area contributed by atoms with E-state index in [0.29, 0.717) is 33.8 Å². The van der Waals surface area contributed by atoms with Crippen molar-refractivity contribution >= 4 is 28.5 Å². The molecule has 4 rings (SSSR count). The maximum atomic E-state index is 13.3. The third kappa shape index (κ3) is 4.20. The van der Waals surface area contributed by atoms with Gasteiger partial charge in [0.25, 0.3) is 0 Å². The number of nitrogens with one attached hydrogen (secondary N) is 3. The van der Waals surface area contributed by atoms with Gasteiger partial charge in [0.2, 0.25) is 5.91 Å². The number of carbonyl (C=O) groups excluding carboxylic acids is 2. The number of hydrogen-bond donors (Lipinski definition) is 4. The van der Waals surface area contributed by atoms with Crippen molar-refractivity contribution < 1.29 is 18.4 Å². The number of nitrogens with zero attached hydrogens (tertiary/aromatic N) is 1. The van der Waals surface area contributed by atoms with Crippen LogP contribution in [-0.4, -0.2) is 22.1 Å². The van der Waals surface area contributed by atoms with Gasteiger partial charge in [-0.3, -0.25) is 9.89 Å². The molecule has 0 spiro atoms. The molecule has 5 N–H and O–H groups in total. The third-order valence-corrected chi connectivity index (χ3v) is 4.69. The molecule has 0 radical (unpaired) electrons. The topological polar surface area (TPSA) is 113 Å². The molecule has 7 nitrogen and oxygen atoms in total. The number of primary amides is 1. The molecule has 9 heteroatoms. The molecule has 3 amide bonds. The molecule has 0 fully saturated rings. The summed E-state index contributed by atoms with van der Waals surface area (Å²) in [5.74, 6) is -2.17. The van der Waals surface area contributed by atoms with Crippen LogP contribution in [0.25, 0.3) is 22.2 Å². The lowest BCUT2D eigenvalue weighted by atomic mass is 9.99. The molecule has 3 aromatic carbocycles. The molecule has 0 aliphatic rings. The normalized spacial score (nSPS) is 10.8. The zero-order chi connectivity index (χ0) is 22.0. The number of fused-ring (bicyclic) bond motifs is 1. The number of H-pyrrole nitrogens is 1. The molecule has 0 saturated heterocycles. The number of nitrogens with two attached hydrogens (primary N) is 1. The van der Waals surface area contributed by atoms with Gasteiger partial charge in [0.15, 0.2) is 0 Å². The van der Waals surface area contributed by atoms with Crippen molar-refractivity contribution in [1.29, 1.82) is 0 Å². The first-order valence-corrected chi connectivity index (χ1v) is 9.28. The molecule has 0 aliphatic carbocycles. The molecule has 0 saturated carbocycles. The highest BCUT2D eigenvalue weighted by molar-refractivity contribution is 6.10. The van der Waals surface area contributed by atoms with E-state index in [2.05, 4.69) is 20.8 Å². The molecular weight excluding hydrogens is 404 g/mol. The first kappa shape index (κ1) is 20.0. The molecule has 0 atom stereocenters. The Labute approximate surface area is 175 Å². The third-order valence-electron chi connectivity index (χ3n) is 4.69. The molecule has 0 unspecified atom stereocenters. The van der Waals surface area contributed by atoms with Crippen LogP contribution in [0.3, 0.4) is 0 Å². The highest BCUT2D eigenvalue weighted by atomic mass is 19.1. The molecule has 1 aromatic heterocycles. The van der Waals surface area contributed by atoms with Crippen LogP contribution >= 0.6 is 0 Å². The highest BCUT2D eigenvalue weighted by Gasteiger charge is 2.17. The van der Waals surface area contributed by atoms with Crippen molar-refractivity contribution in [3.05, 3.63) is 83.4 Å². The van der Waals surface area contributed by atoms with Crippen molar-refractivity contribution in [2.24, 2.45) is 5.73 Å². The minimum Gasteiger partial charge on any atom is -0.366 e. The van der Waals surface area contributed by atoms with Gasteiger partial charge in [0.05, 0.1) is 11.1 Å². The summed E-state index contributed by atoms with van der Waals surface area (Å²) in [6, 6.07) is 14.4. The largest absolute Gasteiger partial charge is 0.366 e. The van der Waals surface area contributed by atoms with Crippen LogP contribution in [0.5, 0.6) is 0 Å². The van der Waals surface area contributed by atoms with Crippen LogP contribution in [0.2, 0.25) is 0 Å². The smallest absolute Gasteiger partial charge is 0.319 e. The Morgan fingerprint density at radius 3 is 2.48 bits per heavy atom. The zero-order valence-electron chi connectivity index (χ0n) is 16.1. The summed E-state index contributed by atoms with van der Waals surface area (Å²) < 4.78 is 26.6. The summed E-state index contributed by atoms with van der Waals surface area (Å²) in [5.41, 5.74) is 8.43. The fourth-order valence-electron chi connectivity index (χ4n) is 3.36. The van der Waals surface area contributed by atoms with Gasteiger partial charge in [0, 0.05) is 29.2 Å². The van der Waals surface area contributed by atoms with E-state index in [9.17, 15) is 18.4 Å². The summed E-state index contributed by atoms with van der Waals surface area (Å²) in [6.45, 7) is 0.104. The van der Waals surface area contributed by atoms with Gasteiger partial charge in [-0.2, -0.15) is 5.10 Å². The predicted octanol–water partition coefficient (Wildman–Crippen LogP) is 3.93. The predicted molar refractivity (Wildman–Crippen MR) is 112 cm³/mol. The standard InChI is InChI=1S/C22H17F2N5O2/c23-13-8-14(24)10-15(9-13)27-22(31)26-11-12-4-1-2-5-16(12)20-19-17(21(25)30)6-3-7-18(19)28-29-20/h1-10H,11H2,(H2,25,30)(H,28,29)(H2,26,27,31). The number of aromatic amines is 1. The monoisotopic (exact) mass is 421 g/mol. The minimum atomic E-state index is -0.795. The second-order valence-electron chi connectivity index (χ2n) is 6.79. The van der Waals surface area contributed by atoms with Crippen molar-refractivity contribution in [3.63, 3.8) is 0 Å². The number of rotatable bonds is 5. The Hall–Kier alpha value is -4.27. The van der Waals surface area contributed by atoms with Crippen molar-refractivity contribution in [2.75, 3.05) is 5.32 Å². The number of urea groups is 1. The van der Waals surface area contributed by atoms with E-state index in [0.717, 1.165) is 17.7 Å². The van der Waals surface area contributed by atoms with Crippen molar-refractivity contribution in [1.82, 2.24) is 15.5 Å². The number of benzene rings is 3. The van der Waals surface area contributed by atoms with Gasteiger partial charge >= 0.3 is 6.03 Å². The number of aromatic nitrogens is 2. The highest BCUT2D eigenvalue weighted by Crippen LogP contribution is 2.31. The Kier molecular flexibility index (Phi) is 5.31. The molecule has 4 aromatic rings. The maximum Gasteiger partial charge on any atom is 0.319 e. The fourth-order valence-corrected chi connectivity index (χ4v) is 3.36. The van der Waals surface area contributed by atoms with E-state index in [1.165, 1.54) is 0 Å². The Morgan fingerprint density at radius 1 is 1.00 bits per heavy atom. The van der Waals surface area contributed by atoms with E-state index in [4.69, 9.17) is 5.73 Å². The van der Waals surface area contributed by atoms with Gasteiger partial charge in [-0.15, -0.1) is 0 Å². The lowest BCUT2D eigenvalue weighted by Gasteiger charge is -2.11. The summed E-state index contributed by atoms with van der Waals surface area (Å²) in [5, 5.41) is 12.9. The van der Waals surface area contributed by atoms with E-state index in [-0.39, 0.29) is 12.2 Å². The van der Waals surface area contributed by atoms with E-state index in [1.807, 2.05) is 12.1 Å². The first-order valence-electron chi connectivity index (χ1n) is 9.28.